The van der Waals surface area contributed by atoms with Gasteiger partial charge in [-0.1, -0.05) is 17.4 Å². The number of carbonyl (C=O) groups excluding carboxylic acids is 1. The molecule has 3 N–H and O–H groups in total. The van der Waals surface area contributed by atoms with E-state index in [1.807, 2.05) is 35.6 Å². The maximum Gasteiger partial charge on any atom is 0.320 e. The average Bonchev–Trinajstić information content (AvgIpc) is 3.35. The Morgan fingerprint density at radius 2 is 2.17 bits per heavy atom. The second kappa shape index (κ2) is 8.33. The highest BCUT2D eigenvalue weighted by molar-refractivity contribution is 7.14. The highest BCUT2D eigenvalue weighted by Gasteiger charge is 2.15. The van der Waals surface area contributed by atoms with Crippen LogP contribution in [0.4, 0.5) is 10.6 Å². The summed E-state index contributed by atoms with van der Waals surface area (Å²) in [6.07, 6.45) is 5.71. The minimum atomic E-state index is -0.314. The molecule has 9 nitrogen and oxygen atoms in total. The number of amides is 2. The summed E-state index contributed by atoms with van der Waals surface area (Å²) in [7, 11) is 0. The maximum absolute atomic E-state index is 11.9. The van der Waals surface area contributed by atoms with Crippen LogP contribution in [0.2, 0.25) is 0 Å². The van der Waals surface area contributed by atoms with Crippen LogP contribution in [-0.4, -0.2) is 48.9 Å². The largest absolute Gasteiger partial charge is 0.396 e. The fourth-order valence-electron chi connectivity index (χ4n) is 2.89. The molecule has 0 spiro atoms. The third-order valence-corrected chi connectivity index (χ3v) is 5.16. The molecule has 0 aliphatic carbocycles. The molecule has 4 aromatic rings. The first-order valence-corrected chi connectivity index (χ1v) is 9.91. The van der Waals surface area contributed by atoms with Crippen molar-refractivity contribution >= 4 is 28.8 Å². The molecule has 4 rings (SSSR count). The first-order valence-electron chi connectivity index (χ1n) is 9.10. The molecular weight excluding hydrogens is 390 g/mol. The maximum atomic E-state index is 11.9. The van der Waals surface area contributed by atoms with Crippen LogP contribution in [-0.2, 0) is 6.42 Å². The number of aliphatic hydroxyl groups is 1. The molecule has 0 fully saturated rings. The quantitative estimate of drug-likeness (QED) is 0.451. The summed E-state index contributed by atoms with van der Waals surface area (Å²) in [6.45, 7) is 2.39. The Bertz CT molecular complexity index is 1140. The molecule has 0 saturated heterocycles. The van der Waals surface area contributed by atoms with E-state index in [0.29, 0.717) is 29.4 Å². The Hall–Kier alpha value is -3.37. The topological polar surface area (TPSA) is 117 Å². The van der Waals surface area contributed by atoms with Crippen LogP contribution in [0.15, 0.2) is 42.9 Å². The van der Waals surface area contributed by atoms with Crippen molar-refractivity contribution in [2.75, 3.05) is 18.5 Å². The van der Waals surface area contributed by atoms with E-state index in [9.17, 15) is 4.79 Å². The van der Waals surface area contributed by atoms with Gasteiger partial charge in [-0.2, -0.15) is 0 Å². The molecule has 0 atom stereocenters. The molecule has 4 aromatic heterocycles. The van der Waals surface area contributed by atoms with Crippen molar-refractivity contribution in [2.45, 2.75) is 13.3 Å². The molecule has 29 heavy (non-hydrogen) atoms. The standard InChI is InChI=1S/C19H19N7O2S/c1-2-21-19(28)23-15-11-26-14(18-25-24-17(29-18)5-7-27)8-13(9-16(26)22-15)12-4-3-6-20-10-12/h3-4,6,8-11,27H,2,5,7H2,1H3,(H2,21,23,28). The zero-order valence-corrected chi connectivity index (χ0v) is 16.5. The van der Waals surface area contributed by atoms with Crippen molar-refractivity contribution in [1.29, 1.82) is 0 Å². The number of fused-ring (bicyclic) bond motifs is 1. The molecule has 0 aliphatic rings. The minimum absolute atomic E-state index is 0.0193. The number of rotatable bonds is 6. The lowest BCUT2D eigenvalue weighted by molar-refractivity contribution is 0.252. The summed E-state index contributed by atoms with van der Waals surface area (Å²) in [6, 6.07) is 7.45. The summed E-state index contributed by atoms with van der Waals surface area (Å²) in [5.41, 5.74) is 3.32. The second-order valence-electron chi connectivity index (χ2n) is 6.18. The van der Waals surface area contributed by atoms with E-state index in [2.05, 4.69) is 30.8 Å². The van der Waals surface area contributed by atoms with Crippen LogP contribution in [0.5, 0.6) is 0 Å². The number of nitrogens with zero attached hydrogens (tertiary/aromatic N) is 5. The van der Waals surface area contributed by atoms with Crippen molar-refractivity contribution < 1.29 is 9.90 Å². The monoisotopic (exact) mass is 409 g/mol. The van der Waals surface area contributed by atoms with E-state index >= 15 is 0 Å². The molecule has 0 aromatic carbocycles. The number of pyridine rings is 2. The molecule has 0 radical (unpaired) electrons. The van der Waals surface area contributed by atoms with E-state index in [4.69, 9.17) is 5.11 Å². The van der Waals surface area contributed by atoms with E-state index < -0.39 is 0 Å². The Kier molecular flexibility index (Phi) is 5.45. The van der Waals surface area contributed by atoms with Gasteiger partial charge in [0.1, 0.15) is 10.7 Å². The highest BCUT2D eigenvalue weighted by atomic mass is 32.1. The lowest BCUT2D eigenvalue weighted by atomic mass is 10.1. The predicted octanol–water partition coefficient (Wildman–Crippen LogP) is 2.59. The predicted molar refractivity (Wildman–Crippen MR) is 111 cm³/mol. The molecule has 0 bridgehead atoms. The number of nitrogens with one attached hydrogen (secondary N) is 2. The van der Waals surface area contributed by atoms with Crippen molar-refractivity contribution in [3.63, 3.8) is 0 Å². The van der Waals surface area contributed by atoms with Gasteiger partial charge in [-0.05, 0) is 30.7 Å². The second-order valence-corrected chi connectivity index (χ2v) is 7.25. The van der Waals surface area contributed by atoms with E-state index in [0.717, 1.165) is 21.8 Å². The van der Waals surface area contributed by atoms with Crippen LogP contribution in [0.3, 0.4) is 0 Å². The molecule has 10 heteroatoms. The van der Waals surface area contributed by atoms with Crippen molar-refractivity contribution in [3.05, 3.63) is 47.9 Å². The van der Waals surface area contributed by atoms with Gasteiger partial charge in [0.15, 0.2) is 10.8 Å². The van der Waals surface area contributed by atoms with Gasteiger partial charge in [0.2, 0.25) is 0 Å². The first kappa shape index (κ1) is 19.0. The van der Waals surface area contributed by atoms with Crippen molar-refractivity contribution in [3.8, 4) is 21.8 Å². The Labute approximate surface area is 170 Å². The van der Waals surface area contributed by atoms with Gasteiger partial charge in [-0.3, -0.25) is 14.7 Å². The Morgan fingerprint density at radius 1 is 1.28 bits per heavy atom. The fraction of sp³-hybridized carbons (Fsp3) is 0.211. The molecule has 2 amide bonds. The smallest absolute Gasteiger partial charge is 0.320 e. The Balaban J connectivity index is 1.83. The number of hydrogen-bond donors (Lipinski definition) is 3. The number of anilines is 1. The van der Waals surface area contributed by atoms with Gasteiger partial charge in [-0.15, -0.1) is 10.2 Å². The summed E-state index contributed by atoms with van der Waals surface area (Å²) >= 11 is 1.41. The van der Waals surface area contributed by atoms with Crippen LogP contribution in [0, 0.1) is 0 Å². The minimum Gasteiger partial charge on any atom is -0.396 e. The average molecular weight is 409 g/mol. The van der Waals surface area contributed by atoms with Crippen LogP contribution >= 0.6 is 11.3 Å². The molecule has 0 unspecified atom stereocenters. The summed E-state index contributed by atoms with van der Waals surface area (Å²) in [5.74, 6) is 0.431. The molecule has 0 aliphatic heterocycles. The number of imidazole rings is 1. The highest BCUT2D eigenvalue weighted by Crippen LogP contribution is 2.31. The van der Waals surface area contributed by atoms with E-state index in [-0.39, 0.29) is 12.6 Å². The lowest BCUT2D eigenvalue weighted by Crippen LogP contribution is -2.28. The number of urea groups is 1. The van der Waals surface area contributed by atoms with Gasteiger partial charge in [0, 0.05) is 37.5 Å². The first-order chi connectivity index (χ1) is 14.2. The normalized spacial score (nSPS) is 11.0. The molecule has 0 saturated carbocycles. The number of aliphatic hydroxyl groups excluding tert-OH is 1. The van der Waals surface area contributed by atoms with E-state index in [1.54, 1.807) is 18.6 Å². The molecular formula is C19H19N7O2S. The Morgan fingerprint density at radius 3 is 2.93 bits per heavy atom. The lowest BCUT2D eigenvalue weighted by Gasteiger charge is -2.06. The van der Waals surface area contributed by atoms with Crippen LogP contribution in [0.25, 0.3) is 27.5 Å². The van der Waals surface area contributed by atoms with E-state index in [1.165, 1.54) is 11.3 Å². The van der Waals surface area contributed by atoms with Gasteiger partial charge >= 0.3 is 6.03 Å². The zero-order valence-electron chi connectivity index (χ0n) is 15.7. The summed E-state index contributed by atoms with van der Waals surface area (Å²) < 4.78 is 1.87. The third-order valence-electron chi connectivity index (χ3n) is 4.16. The SMILES string of the molecule is CCNC(=O)Nc1cn2c(-c3nnc(CCO)s3)cc(-c3cccnc3)cc2n1. The zero-order chi connectivity index (χ0) is 20.2. The van der Waals surface area contributed by atoms with Crippen LogP contribution in [0.1, 0.15) is 11.9 Å². The van der Waals surface area contributed by atoms with Gasteiger partial charge in [0.25, 0.3) is 0 Å². The number of aromatic nitrogens is 5. The molecule has 4 heterocycles. The van der Waals surface area contributed by atoms with Crippen LogP contribution < -0.4 is 10.6 Å². The summed E-state index contributed by atoms with van der Waals surface area (Å²) in [5, 5.41) is 24.5. The van der Waals surface area contributed by atoms with Gasteiger partial charge in [-0.25, -0.2) is 9.78 Å². The molecule has 148 valence electrons. The van der Waals surface area contributed by atoms with Gasteiger partial charge in [0.05, 0.1) is 11.9 Å². The number of carbonyl (C=O) groups is 1. The third kappa shape index (κ3) is 4.08. The van der Waals surface area contributed by atoms with Crippen molar-refractivity contribution in [2.24, 2.45) is 0 Å². The van der Waals surface area contributed by atoms with Crippen molar-refractivity contribution in [1.82, 2.24) is 29.9 Å². The van der Waals surface area contributed by atoms with Gasteiger partial charge < -0.3 is 10.4 Å². The number of hydrogen-bond acceptors (Lipinski definition) is 7. The fourth-order valence-corrected chi connectivity index (χ4v) is 3.73. The summed E-state index contributed by atoms with van der Waals surface area (Å²) in [4.78, 5) is 20.6.